The van der Waals surface area contributed by atoms with Crippen LogP contribution in [0.1, 0.15) is 43.6 Å². The molecule has 2 fully saturated rings. The van der Waals surface area contributed by atoms with Gasteiger partial charge in [-0.25, -0.2) is 0 Å². The third-order valence-electron chi connectivity index (χ3n) is 7.09. The highest BCUT2D eigenvalue weighted by molar-refractivity contribution is 5.79. The molecular weight excluding hydrogens is 459 g/mol. The molecule has 2 saturated heterocycles. The van der Waals surface area contributed by atoms with Crippen LogP contribution in [0, 0.1) is 5.92 Å². The highest BCUT2D eigenvalue weighted by atomic mass is 19.4. The number of amides is 1. The van der Waals surface area contributed by atoms with Gasteiger partial charge in [0.15, 0.2) is 5.65 Å². The lowest BCUT2D eigenvalue weighted by atomic mass is 9.95. The van der Waals surface area contributed by atoms with Gasteiger partial charge in [-0.3, -0.25) is 9.69 Å². The van der Waals surface area contributed by atoms with Crippen molar-refractivity contribution in [1.29, 1.82) is 0 Å². The number of fused-ring (bicyclic) bond motifs is 1. The highest BCUT2D eigenvalue weighted by Gasteiger charge is 2.38. The Kier molecular flexibility index (Phi) is 6.35. The molecule has 0 radical (unpaired) electrons. The Labute approximate surface area is 201 Å². The number of aromatic nitrogens is 4. The maximum absolute atomic E-state index is 13.2. The number of anilines is 1. The molecule has 1 N–H and O–H groups in total. The Morgan fingerprint density at radius 2 is 1.77 bits per heavy atom. The van der Waals surface area contributed by atoms with Gasteiger partial charge in [-0.1, -0.05) is 30.3 Å². The third-order valence-corrected chi connectivity index (χ3v) is 7.09. The molecule has 5 rings (SSSR count). The van der Waals surface area contributed by atoms with Crippen LogP contribution in [0.5, 0.6) is 0 Å². The average Bonchev–Trinajstić information content (AvgIpc) is 3.51. The van der Waals surface area contributed by atoms with E-state index in [-0.39, 0.29) is 23.5 Å². The van der Waals surface area contributed by atoms with E-state index in [1.54, 1.807) is 6.07 Å². The maximum Gasteiger partial charge on any atom is 0.453 e. The number of nitrogens with one attached hydrogen (secondary N) is 1. The molecule has 1 amide bonds. The summed E-state index contributed by atoms with van der Waals surface area (Å²) in [5.41, 5.74) is 1.31. The van der Waals surface area contributed by atoms with Crippen LogP contribution < -0.4 is 10.2 Å². The number of alkyl halides is 3. The average molecular weight is 488 g/mol. The smallest absolute Gasteiger partial charge is 0.355 e. The van der Waals surface area contributed by atoms with E-state index >= 15 is 0 Å². The summed E-state index contributed by atoms with van der Waals surface area (Å²) in [6, 6.07) is 13.9. The number of carbonyl (C=O) groups excluding carboxylic acids is 1. The molecule has 0 bridgehead atoms. The molecule has 0 spiro atoms. The minimum Gasteiger partial charge on any atom is -0.355 e. The lowest BCUT2D eigenvalue weighted by molar-refractivity contribution is -0.146. The number of piperidine rings is 1. The summed E-state index contributed by atoms with van der Waals surface area (Å²) in [5.74, 6) is -0.777. The van der Waals surface area contributed by atoms with Gasteiger partial charge in [0.05, 0.1) is 0 Å². The van der Waals surface area contributed by atoms with Crippen LogP contribution in [0.15, 0.2) is 42.5 Å². The van der Waals surface area contributed by atoms with Gasteiger partial charge in [-0.05, 0) is 43.9 Å². The van der Waals surface area contributed by atoms with Crippen molar-refractivity contribution in [2.75, 3.05) is 31.1 Å². The van der Waals surface area contributed by atoms with Gasteiger partial charge in [0, 0.05) is 44.2 Å². The zero-order chi connectivity index (χ0) is 24.6. The van der Waals surface area contributed by atoms with E-state index in [9.17, 15) is 18.0 Å². The number of halogens is 3. The summed E-state index contributed by atoms with van der Waals surface area (Å²) in [5, 5.41) is 14.1. The van der Waals surface area contributed by atoms with Crippen molar-refractivity contribution in [3.8, 4) is 0 Å². The van der Waals surface area contributed by atoms with Crippen molar-refractivity contribution in [2.45, 2.75) is 44.4 Å². The fourth-order valence-electron chi connectivity index (χ4n) is 5.01. The van der Waals surface area contributed by atoms with Gasteiger partial charge in [-0.15, -0.1) is 15.3 Å². The van der Waals surface area contributed by atoms with E-state index in [2.05, 4.69) is 44.6 Å². The van der Waals surface area contributed by atoms with Gasteiger partial charge in [-0.2, -0.15) is 17.7 Å². The number of benzene rings is 1. The quantitative estimate of drug-likeness (QED) is 0.595. The molecule has 2 unspecified atom stereocenters. The van der Waals surface area contributed by atoms with E-state index in [0.717, 1.165) is 24.0 Å². The molecule has 0 aliphatic carbocycles. The van der Waals surface area contributed by atoms with E-state index in [1.807, 2.05) is 23.1 Å². The second-order valence-electron chi connectivity index (χ2n) is 9.32. The van der Waals surface area contributed by atoms with Crippen molar-refractivity contribution in [3.05, 3.63) is 53.9 Å². The molecule has 1 aromatic carbocycles. The number of nitrogens with zero attached hydrogens (tertiary/aromatic N) is 6. The Morgan fingerprint density at radius 3 is 2.49 bits per heavy atom. The summed E-state index contributed by atoms with van der Waals surface area (Å²) >= 11 is 0. The summed E-state index contributed by atoms with van der Waals surface area (Å²) in [6.45, 7) is 5.05. The largest absolute Gasteiger partial charge is 0.453 e. The number of hydrogen-bond donors (Lipinski definition) is 1. The first-order valence-electron chi connectivity index (χ1n) is 11.9. The summed E-state index contributed by atoms with van der Waals surface area (Å²) in [6.07, 6.45) is -2.47. The number of likely N-dealkylation sites (tertiary alicyclic amines) is 1. The van der Waals surface area contributed by atoms with E-state index < -0.39 is 12.0 Å². The molecule has 3 aromatic rings. The molecule has 8 nitrogen and oxygen atoms in total. The predicted octanol–water partition coefficient (Wildman–Crippen LogP) is 3.31. The van der Waals surface area contributed by atoms with Crippen LogP contribution >= 0.6 is 0 Å². The molecule has 2 atom stereocenters. The molecule has 2 aliphatic rings. The number of rotatable bonds is 5. The van der Waals surface area contributed by atoms with Crippen LogP contribution in [-0.4, -0.2) is 62.8 Å². The zero-order valence-corrected chi connectivity index (χ0v) is 19.4. The Morgan fingerprint density at radius 1 is 1.03 bits per heavy atom. The standard InChI is InChI=1S/C24H28F3N7O/c1-16(17-5-3-2-4-6-17)33-14-11-19(15-33)28-22(35)18-9-12-32(13-10-18)21-8-7-20-29-30-23(24(25,26)27)34(20)31-21/h2-8,16,18-19H,9-15H2,1H3,(H,28,35). The van der Waals surface area contributed by atoms with Crippen LogP contribution in [0.3, 0.4) is 0 Å². The topological polar surface area (TPSA) is 78.7 Å². The molecule has 4 heterocycles. The molecule has 11 heteroatoms. The first-order chi connectivity index (χ1) is 16.8. The summed E-state index contributed by atoms with van der Waals surface area (Å²) in [7, 11) is 0. The van der Waals surface area contributed by atoms with Gasteiger partial charge in [0.2, 0.25) is 5.91 Å². The molecule has 186 valence electrons. The van der Waals surface area contributed by atoms with Crippen molar-refractivity contribution in [3.63, 3.8) is 0 Å². The van der Waals surface area contributed by atoms with Gasteiger partial charge >= 0.3 is 6.18 Å². The first-order valence-corrected chi connectivity index (χ1v) is 11.9. The van der Waals surface area contributed by atoms with Gasteiger partial charge in [0.25, 0.3) is 5.82 Å². The Bertz CT molecular complexity index is 1170. The van der Waals surface area contributed by atoms with Gasteiger partial charge < -0.3 is 10.2 Å². The van der Waals surface area contributed by atoms with Crippen molar-refractivity contribution in [2.24, 2.45) is 5.92 Å². The Balaban J connectivity index is 1.15. The monoisotopic (exact) mass is 487 g/mol. The molecule has 2 aromatic heterocycles. The maximum atomic E-state index is 13.2. The Hall–Kier alpha value is -3.21. The second-order valence-corrected chi connectivity index (χ2v) is 9.32. The first kappa shape index (κ1) is 23.5. The normalized spacial score (nSPS) is 20.9. The minimum absolute atomic E-state index is 0.0440. The summed E-state index contributed by atoms with van der Waals surface area (Å²) in [4.78, 5) is 17.2. The van der Waals surface area contributed by atoms with Gasteiger partial charge in [0.1, 0.15) is 5.82 Å². The molecule has 2 aliphatic heterocycles. The molecule has 0 saturated carbocycles. The molecular formula is C24H28F3N7O. The lowest BCUT2D eigenvalue weighted by Crippen LogP contribution is -2.45. The predicted molar refractivity (Wildman–Crippen MR) is 124 cm³/mol. The highest BCUT2D eigenvalue weighted by Crippen LogP contribution is 2.29. The van der Waals surface area contributed by atoms with Crippen LogP contribution in [-0.2, 0) is 11.0 Å². The number of carbonyl (C=O) groups is 1. The minimum atomic E-state index is -4.63. The SMILES string of the molecule is CC(c1ccccc1)N1CCC(NC(=O)C2CCN(c3ccc4nnc(C(F)(F)F)n4n3)CC2)C1. The van der Waals surface area contributed by atoms with Crippen LogP contribution in [0.4, 0.5) is 19.0 Å². The summed E-state index contributed by atoms with van der Waals surface area (Å²) < 4.78 is 40.2. The van der Waals surface area contributed by atoms with Crippen molar-refractivity contribution < 1.29 is 18.0 Å². The lowest BCUT2D eigenvalue weighted by Gasteiger charge is -2.32. The van der Waals surface area contributed by atoms with E-state index in [0.29, 0.717) is 37.8 Å². The van der Waals surface area contributed by atoms with Crippen molar-refractivity contribution in [1.82, 2.24) is 30.0 Å². The molecule has 35 heavy (non-hydrogen) atoms. The van der Waals surface area contributed by atoms with Crippen LogP contribution in [0.25, 0.3) is 5.65 Å². The van der Waals surface area contributed by atoms with Crippen LogP contribution in [0.2, 0.25) is 0 Å². The van der Waals surface area contributed by atoms with E-state index in [4.69, 9.17) is 0 Å². The number of hydrogen-bond acceptors (Lipinski definition) is 6. The van der Waals surface area contributed by atoms with E-state index in [1.165, 1.54) is 11.6 Å². The third kappa shape index (κ3) is 4.95. The second kappa shape index (κ2) is 9.44. The fourth-order valence-corrected chi connectivity index (χ4v) is 5.01. The van der Waals surface area contributed by atoms with Crippen molar-refractivity contribution >= 4 is 17.4 Å². The zero-order valence-electron chi connectivity index (χ0n) is 19.4. The fraction of sp³-hybridized carbons (Fsp3) is 0.500.